The molecule has 1 saturated heterocycles. The van der Waals surface area contributed by atoms with E-state index in [1.165, 1.54) is 0 Å². The summed E-state index contributed by atoms with van der Waals surface area (Å²) in [7, 11) is 0. The molecule has 27 heavy (non-hydrogen) atoms. The van der Waals surface area contributed by atoms with Gasteiger partial charge in [-0.3, -0.25) is 14.7 Å². The van der Waals surface area contributed by atoms with Crippen LogP contribution in [0.3, 0.4) is 0 Å². The normalized spacial score (nSPS) is 16.3. The lowest BCUT2D eigenvalue weighted by Crippen LogP contribution is -2.44. The number of carbonyl (C=O) groups is 1. The second kappa shape index (κ2) is 9.01. The summed E-state index contributed by atoms with van der Waals surface area (Å²) >= 11 is 0. The fraction of sp³-hybridized carbons (Fsp3) is 0.500. The monoisotopic (exact) mass is 369 g/mol. The van der Waals surface area contributed by atoms with Gasteiger partial charge < -0.3 is 10.1 Å². The standard InChI is InChI=1S/C20H27N5O2/c1-14(2)19-22-12-17(15(3)24-19)20(26)23-13-18(16-5-4-6-21-11-16)25-7-9-27-10-8-25/h4-6,11-12,14,18H,7-10,13H2,1-3H3,(H,23,26)/t18-/m1/s1. The second-order valence-corrected chi connectivity index (χ2v) is 7.04. The van der Waals surface area contributed by atoms with Crippen LogP contribution in [0, 0.1) is 6.92 Å². The van der Waals surface area contributed by atoms with E-state index in [-0.39, 0.29) is 17.9 Å². The van der Waals surface area contributed by atoms with Crippen LogP contribution in [0.25, 0.3) is 0 Å². The summed E-state index contributed by atoms with van der Waals surface area (Å²) in [4.78, 5) is 28.1. The molecule has 3 heterocycles. The number of morpholine rings is 1. The number of hydrogen-bond acceptors (Lipinski definition) is 6. The Morgan fingerprint density at radius 2 is 2.07 bits per heavy atom. The van der Waals surface area contributed by atoms with Crippen molar-refractivity contribution in [1.82, 2.24) is 25.2 Å². The van der Waals surface area contributed by atoms with Gasteiger partial charge in [0.1, 0.15) is 5.82 Å². The second-order valence-electron chi connectivity index (χ2n) is 7.04. The minimum Gasteiger partial charge on any atom is -0.379 e. The molecule has 2 aromatic heterocycles. The number of nitrogens with zero attached hydrogens (tertiary/aromatic N) is 4. The number of ether oxygens (including phenoxy) is 1. The summed E-state index contributed by atoms with van der Waals surface area (Å²) in [5.41, 5.74) is 2.31. The van der Waals surface area contributed by atoms with Crippen LogP contribution in [-0.4, -0.2) is 58.6 Å². The number of hydrogen-bond donors (Lipinski definition) is 1. The Hall–Kier alpha value is -2.38. The molecule has 0 saturated carbocycles. The Labute approximate surface area is 160 Å². The van der Waals surface area contributed by atoms with Gasteiger partial charge in [-0.1, -0.05) is 19.9 Å². The minimum atomic E-state index is -0.148. The summed E-state index contributed by atoms with van der Waals surface area (Å²) in [5.74, 6) is 0.840. The van der Waals surface area contributed by atoms with Crippen LogP contribution in [0.5, 0.6) is 0 Å². The molecule has 1 N–H and O–H groups in total. The van der Waals surface area contributed by atoms with Crippen LogP contribution >= 0.6 is 0 Å². The molecule has 1 aliphatic rings. The number of pyridine rings is 1. The fourth-order valence-corrected chi connectivity index (χ4v) is 3.19. The predicted molar refractivity (Wildman–Crippen MR) is 103 cm³/mol. The quantitative estimate of drug-likeness (QED) is 0.840. The predicted octanol–water partition coefficient (Wildman–Crippen LogP) is 2.11. The molecule has 1 fully saturated rings. The number of carbonyl (C=O) groups excluding carboxylic acids is 1. The highest BCUT2D eigenvalue weighted by atomic mass is 16.5. The molecule has 3 rings (SSSR count). The lowest BCUT2D eigenvalue weighted by molar-refractivity contribution is 0.0161. The lowest BCUT2D eigenvalue weighted by Gasteiger charge is -2.34. The van der Waals surface area contributed by atoms with Crippen molar-refractivity contribution in [3.05, 3.63) is 53.4 Å². The fourth-order valence-electron chi connectivity index (χ4n) is 3.19. The summed E-state index contributed by atoms with van der Waals surface area (Å²) in [6.45, 7) is 9.49. The summed E-state index contributed by atoms with van der Waals surface area (Å²) in [6, 6.07) is 4.03. The third kappa shape index (κ3) is 4.87. The smallest absolute Gasteiger partial charge is 0.254 e. The van der Waals surface area contributed by atoms with Crippen LogP contribution in [0.2, 0.25) is 0 Å². The van der Waals surface area contributed by atoms with Crippen LogP contribution in [0.1, 0.15) is 53.2 Å². The number of amides is 1. The van der Waals surface area contributed by atoms with E-state index in [4.69, 9.17) is 4.74 Å². The van der Waals surface area contributed by atoms with Gasteiger partial charge in [0.15, 0.2) is 0 Å². The van der Waals surface area contributed by atoms with Crippen molar-refractivity contribution in [2.24, 2.45) is 0 Å². The molecular weight excluding hydrogens is 342 g/mol. The van der Waals surface area contributed by atoms with Crippen molar-refractivity contribution >= 4 is 5.91 Å². The SMILES string of the molecule is Cc1nc(C(C)C)ncc1C(=O)NC[C@H](c1cccnc1)N1CCOCC1. The Morgan fingerprint density at radius 1 is 1.30 bits per heavy atom. The molecule has 7 nitrogen and oxygen atoms in total. The maximum atomic E-state index is 12.7. The van der Waals surface area contributed by atoms with E-state index in [2.05, 4.69) is 25.2 Å². The Bertz CT molecular complexity index is 760. The Balaban J connectivity index is 1.72. The highest BCUT2D eigenvalue weighted by molar-refractivity contribution is 5.94. The lowest BCUT2D eigenvalue weighted by atomic mass is 10.1. The van der Waals surface area contributed by atoms with Crippen LogP contribution in [0.15, 0.2) is 30.7 Å². The highest BCUT2D eigenvalue weighted by Gasteiger charge is 2.24. The number of rotatable bonds is 6. The molecule has 1 aliphatic heterocycles. The summed E-state index contributed by atoms with van der Waals surface area (Å²) < 4.78 is 5.47. The van der Waals surface area contributed by atoms with E-state index in [0.29, 0.717) is 31.0 Å². The van der Waals surface area contributed by atoms with E-state index in [9.17, 15) is 4.79 Å². The van der Waals surface area contributed by atoms with Crippen molar-refractivity contribution in [3.8, 4) is 0 Å². The van der Waals surface area contributed by atoms with Gasteiger partial charge in [-0.2, -0.15) is 0 Å². The molecule has 0 spiro atoms. The molecule has 0 unspecified atom stereocenters. The zero-order valence-electron chi connectivity index (χ0n) is 16.2. The first kappa shape index (κ1) is 19.4. The van der Waals surface area contributed by atoms with E-state index in [1.807, 2.05) is 39.1 Å². The zero-order chi connectivity index (χ0) is 19.2. The van der Waals surface area contributed by atoms with Crippen LogP contribution in [-0.2, 0) is 4.74 Å². The summed E-state index contributed by atoms with van der Waals surface area (Å²) in [6.07, 6.45) is 5.24. The van der Waals surface area contributed by atoms with Gasteiger partial charge in [0.05, 0.1) is 30.5 Å². The van der Waals surface area contributed by atoms with E-state index in [1.54, 1.807) is 12.4 Å². The van der Waals surface area contributed by atoms with Crippen molar-refractivity contribution in [1.29, 1.82) is 0 Å². The van der Waals surface area contributed by atoms with Gasteiger partial charge in [0.25, 0.3) is 5.91 Å². The van der Waals surface area contributed by atoms with Crippen molar-refractivity contribution in [3.63, 3.8) is 0 Å². The highest BCUT2D eigenvalue weighted by Crippen LogP contribution is 2.20. The van der Waals surface area contributed by atoms with Crippen molar-refractivity contribution < 1.29 is 9.53 Å². The first-order valence-electron chi connectivity index (χ1n) is 9.39. The van der Waals surface area contributed by atoms with Crippen molar-refractivity contribution in [2.75, 3.05) is 32.8 Å². The first-order valence-corrected chi connectivity index (χ1v) is 9.39. The van der Waals surface area contributed by atoms with Crippen LogP contribution in [0.4, 0.5) is 0 Å². The third-order valence-corrected chi connectivity index (χ3v) is 4.77. The average Bonchev–Trinajstić information content (AvgIpc) is 2.69. The Kier molecular flexibility index (Phi) is 6.47. The topological polar surface area (TPSA) is 80.2 Å². The molecule has 7 heteroatoms. The van der Waals surface area contributed by atoms with E-state index < -0.39 is 0 Å². The van der Waals surface area contributed by atoms with Crippen molar-refractivity contribution in [2.45, 2.75) is 32.7 Å². The zero-order valence-corrected chi connectivity index (χ0v) is 16.2. The van der Waals surface area contributed by atoms with Gasteiger partial charge in [-0.15, -0.1) is 0 Å². The molecule has 2 aromatic rings. The van der Waals surface area contributed by atoms with Gasteiger partial charge in [-0.25, -0.2) is 9.97 Å². The molecule has 0 aromatic carbocycles. The number of aryl methyl sites for hydroxylation is 1. The summed E-state index contributed by atoms with van der Waals surface area (Å²) in [5, 5.41) is 3.06. The van der Waals surface area contributed by atoms with E-state index in [0.717, 1.165) is 24.5 Å². The van der Waals surface area contributed by atoms with Crippen LogP contribution < -0.4 is 5.32 Å². The largest absolute Gasteiger partial charge is 0.379 e. The van der Waals surface area contributed by atoms with E-state index >= 15 is 0 Å². The van der Waals surface area contributed by atoms with Gasteiger partial charge in [-0.05, 0) is 18.6 Å². The average molecular weight is 369 g/mol. The molecule has 1 amide bonds. The third-order valence-electron chi connectivity index (χ3n) is 4.77. The molecule has 1 atom stereocenters. The molecule has 0 bridgehead atoms. The van der Waals surface area contributed by atoms with Gasteiger partial charge in [0, 0.05) is 44.1 Å². The number of aromatic nitrogens is 3. The molecule has 144 valence electrons. The maximum Gasteiger partial charge on any atom is 0.254 e. The van der Waals surface area contributed by atoms with Gasteiger partial charge in [0.2, 0.25) is 0 Å². The molecule has 0 aliphatic carbocycles. The molecule has 0 radical (unpaired) electrons. The molecular formula is C20H27N5O2. The maximum absolute atomic E-state index is 12.7. The van der Waals surface area contributed by atoms with Gasteiger partial charge >= 0.3 is 0 Å². The first-order chi connectivity index (χ1) is 13.1. The Morgan fingerprint density at radius 3 is 2.70 bits per heavy atom. The minimum absolute atomic E-state index is 0.0581. The number of nitrogens with one attached hydrogen (secondary N) is 1.